The van der Waals surface area contributed by atoms with Gasteiger partial charge in [-0.05, 0) is 47.2 Å². The lowest BCUT2D eigenvalue weighted by molar-refractivity contribution is 0.414. The largest absolute Gasteiger partial charge is 0.497 e. The summed E-state index contributed by atoms with van der Waals surface area (Å²) in [6.45, 7) is 5.92. The summed E-state index contributed by atoms with van der Waals surface area (Å²) in [5.74, 6) is 2.22. The van der Waals surface area contributed by atoms with Crippen LogP contribution in [0.25, 0.3) is 5.69 Å². The number of nitrogens with one attached hydrogen (secondary N) is 1. The molecule has 0 saturated carbocycles. The summed E-state index contributed by atoms with van der Waals surface area (Å²) in [5.41, 5.74) is 0.923. The molecule has 0 saturated heterocycles. The molecule has 0 atom stereocenters. The maximum Gasteiger partial charge on any atom is 0.170 e. The summed E-state index contributed by atoms with van der Waals surface area (Å²) < 4.78 is 6.86. The highest BCUT2D eigenvalue weighted by molar-refractivity contribution is 5.36. The van der Waals surface area contributed by atoms with E-state index in [0.29, 0.717) is 12.5 Å². The minimum absolute atomic E-state index is 0.602. The third-order valence-corrected chi connectivity index (χ3v) is 2.69. The zero-order chi connectivity index (χ0) is 13.7. The Bertz CT molecular complexity index is 506. The number of nitrogens with zero attached hydrogens (tertiary/aromatic N) is 4. The molecule has 0 radical (unpaired) electrons. The van der Waals surface area contributed by atoms with Crippen LogP contribution in [0.1, 0.15) is 19.7 Å². The van der Waals surface area contributed by atoms with Gasteiger partial charge in [-0.25, -0.2) is 0 Å². The lowest BCUT2D eigenvalue weighted by Crippen LogP contribution is -2.21. The molecule has 1 aromatic heterocycles. The average Bonchev–Trinajstić information content (AvgIpc) is 2.87. The van der Waals surface area contributed by atoms with E-state index in [4.69, 9.17) is 4.74 Å². The molecule has 0 amide bonds. The fraction of sp³-hybridized carbons (Fsp3) is 0.462. The van der Waals surface area contributed by atoms with E-state index >= 15 is 0 Å². The topological polar surface area (TPSA) is 64.9 Å². The monoisotopic (exact) mass is 261 g/mol. The number of ether oxygens (including phenoxy) is 1. The van der Waals surface area contributed by atoms with Crippen molar-refractivity contribution in [1.29, 1.82) is 0 Å². The third kappa shape index (κ3) is 3.51. The Morgan fingerprint density at radius 1 is 1.26 bits per heavy atom. The van der Waals surface area contributed by atoms with Gasteiger partial charge < -0.3 is 10.1 Å². The van der Waals surface area contributed by atoms with Gasteiger partial charge >= 0.3 is 0 Å². The number of tetrazole rings is 1. The van der Waals surface area contributed by atoms with Gasteiger partial charge in [0.15, 0.2) is 5.82 Å². The molecule has 0 fully saturated rings. The molecule has 0 spiro atoms. The first-order valence-corrected chi connectivity index (χ1v) is 6.33. The predicted molar refractivity (Wildman–Crippen MR) is 72.3 cm³/mol. The summed E-state index contributed by atoms with van der Waals surface area (Å²) in [5, 5.41) is 15.1. The summed E-state index contributed by atoms with van der Waals surface area (Å²) in [4.78, 5) is 0. The molecule has 102 valence electrons. The van der Waals surface area contributed by atoms with Gasteiger partial charge in [-0.3, -0.25) is 0 Å². The maximum absolute atomic E-state index is 5.13. The molecule has 6 heteroatoms. The quantitative estimate of drug-likeness (QED) is 0.852. The Morgan fingerprint density at radius 3 is 2.63 bits per heavy atom. The van der Waals surface area contributed by atoms with Crippen molar-refractivity contribution < 1.29 is 4.74 Å². The highest BCUT2D eigenvalue weighted by Crippen LogP contribution is 2.14. The summed E-state index contributed by atoms with van der Waals surface area (Å²) >= 11 is 0. The molecule has 2 aromatic rings. The smallest absolute Gasteiger partial charge is 0.170 e. The number of rotatable bonds is 6. The molecule has 1 N–H and O–H groups in total. The lowest BCUT2D eigenvalue weighted by Gasteiger charge is -2.08. The van der Waals surface area contributed by atoms with E-state index in [9.17, 15) is 0 Å². The van der Waals surface area contributed by atoms with Crippen molar-refractivity contribution in [2.75, 3.05) is 13.7 Å². The van der Waals surface area contributed by atoms with E-state index in [1.165, 1.54) is 0 Å². The minimum Gasteiger partial charge on any atom is -0.497 e. The number of methoxy groups -OCH3 is 1. The van der Waals surface area contributed by atoms with Crippen molar-refractivity contribution in [3.05, 3.63) is 30.1 Å². The molecule has 1 aromatic carbocycles. The van der Waals surface area contributed by atoms with Crippen LogP contribution in [0.5, 0.6) is 5.75 Å². The molecule has 6 nitrogen and oxygen atoms in total. The van der Waals surface area contributed by atoms with Gasteiger partial charge in [0, 0.05) is 0 Å². The third-order valence-electron chi connectivity index (χ3n) is 2.69. The van der Waals surface area contributed by atoms with Crippen LogP contribution < -0.4 is 10.1 Å². The first-order chi connectivity index (χ1) is 9.20. The number of hydrogen-bond acceptors (Lipinski definition) is 5. The van der Waals surface area contributed by atoms with Crippen LogP contribution in [0.3, 0.4) is 0 Å². The van der Waals surface area contributed by atoms with Crippen LogP contribution in [0.2, 0.25) is 0 Å². The van der Waals surface area contributed by atoms with E-state index < -0.39 is 0 Å². The second-order valence-corrected chi connectivity index (χ2v) is 4.73. The zero-order valence-corrected chi connectivity index (χ0v) is 11.5. The SMILES string of the molecule is COc1ccc(-n2nnnc2CNCC(C)C)cc1. The van der Waals surface area contributed by atoms with Crippen molar-refractivity contribution in [2.45, 2.75) is 20.4 Å². The second-order valence-electron chi connectivity index (χ2n) is 4.73. The zero-order valence-electron chi connectivity index (χ0n) is 11.5. The highest BCUT2D eigenvalue weighted by atomic mass is 16.5. The van der Waals surface area contributed by atoms with Gasteiger partial charge in [0.25, 0.3) is 0 Å². The average molecular weight is 261 g/mol. The molecule has 0 aliphatic rings. The Kier molecular flexibility index (Phi) is 4.46. The number of hydrogen-bond donors (Lipinski definition) is 1. The minimum atomic E-state index is 0.602. The van der Waals surface area contributed by atoms with Crippen molar-refractivity contribution in [3.8, 4) is 11.4 Å². The molecule has 1 heterocycles. The Morgan fingerprint density at radius 2 is 2.00 bits per heavy atom. The van der Waals surface area contributed by atoms with Gasteiger partial charge in [0.05, 0.1) is 19.3 Å². The van der Waals surface area contributed by atoms with Gasteiger partial charge in [-0.2, -0.15) is 4.68 Å². The predicted octanol–water partition coefficient (Wildman–Crippen LogP) is 1.42. The van der Waals surface area contributed by atoms with Gasteiger partial charge in [-0.1, -0.05) is 13.8 Å². The summed E-state index contributed by atoms with van der Waals surface area (Å²) in [6.07, 6.45) is 0. The van der Waals surface area contributed by atoms with E-state index in [1.807, 2.05) is 24.3 Å². The van der Waals surface area contributed by atoms with E-state index in [2.05, 4.69) is 34.7 Å². The van der Waals surface area contributed by atoms with Crippen LogP contribution in [0.4, 0.5) is 0 Å². The van der Waals surface area contributed by atoms with E-state index in [1.54, 1.807) is 11.8 Å². The first kappa shape index (κ1) is 13.5. The second kappa shape index (κ2) is 6.29. The molecule has 0 unspecified atom stereocenters. The van der Waals surface area contributed by atoms with Crippen LogP contribution in [0.15, 0.2) is 24.3 Å². The summed E-state index contributed by atoms with van der Waals surface area (Å²) in [6, 6.07) is 7.65. The van der Waals surface area contributed by atoms with Crippen LogP contribution in [-0.2, 0) is 6.54 Å². The molecular weight excluding hydrogens is 242 g/mol. The van der Waals surface area contributed by atoms with Crippen LogP contribution in [-0.4, -0.2) is 33.9 Å². The maximum atomic E-state index is 5.13. The molecule has 19 heavy (non-hydrogen) atoms. The standard InChI is InChI=1S/C13H19N5O/c1-10(2)8-14-9-13-15-16-17-18(13)11-4-6-12(19-3)7-5-11/h4-7,10,14H,8-9H2,1-3H3. The Balaban J connectivity index is 2.09. The van der Waals surface area contributed by atoms with Gasteiger partial charge in [0.1, 0.15) is 5.75 Å². The molecule has 0 bridgehead atoms. The highest BCUT2D eigenvalue weighted by Gasteiger charge is 2.08. The Hall–Kier alpha value is -1.95. The van der Waals surface area contributed by atoms with E-state index in [-0.39, 0.29) is 0 Å². The number of benzene rings is 1. The number of aromatic nitrogens is 4. The first-order valence-electron chi connectivity index (χ1n) is 6.33. The van der Waals surface area contributed by atoms with Crippen molar-refractivity contribution in [3.63, 3.8) is 0 Å². The lowest BCUT2D eigenvalue weighted by atomic mass is 10.2. The van der Waals surface area contributed by atoms with Crippen LogP contribution >= 0.6 is 0 Å². The van der Waals surface area contributed by atoms with Crippen molar-refractivity contribution >= 4 is 0 Å². The van der Waals surface area contributed by atoms with Gasteiger partial charge in [0.2, 0.25) is 0 Å². The van der Waals surface area contributed by atoms with Gasteiger partial charge in [-0.15, -0.1) is 5.10 Å². The Labute approximate surface area is 112 Å². The fourth-order valence-corrected chi connectivity index (χ4v) is 1.71. The van der Waals surface area contributed by atoms with E-state index in [0.717, 1.165) is 23.8 Å². The normalized spacial score (nSPS) is 10.9. The van der Waals surface area contributed by atoms with Crippen LogP contribution in [0, 0.1) is 5.92 Å². The molecule has 2 rings (SSSR count). The summed E-state index contributed by atoms with van der Waals surface area (Å²) in [7, 11) is 1.65. The van der Waals surface area contributed by atoms with Crippen molar-refractivity contribution in [2.24, 2.45) is 5.92 Å². The molecule has 0 aliphatic carbocycles. The molecule has 0 aliphatic heterocycles. The molecular formula is C13H19N5O. The van der Waals surface area contributed by atoms with Crippen molar-refractivity contribution in [1.82, 2.24) is 25.5 Å². The fourth-order valence-electron chi connectivity index (χ4n) is 1.71.